The van der Waals surface area contributed by atoms with Crippen LogP contribution in [0.15, 0.2) is 24.3 Å². The zero-order valence-corrected chi connectivity index (χ0v) is 10.4. The highest BCUT2D eigenvalue weighted by atomic mass is 35.5. The van der Waals surface area contributed by atoms with E-state index >= 15 is 0 Å². The third-order valence-electron chi connectivity index (χ3n) is 3.41. The number of hydrogen-bond donors (Lipinski definition) is 1. The Kier molecular flexibility index (Phi) is 2.63. The van der Waals surface area contributed by atoms with E-state index in [1.165, 1.54) is 12.8 Å². The van der Waals surface area contributed by atoms with Crippen molar-refractivity contribution in [3.63, 3.8) is 0 Å². The molecule has 0 bridgehead atoms. The van der Waals surface area contributed by atoms with Gasteiger partial charge in [0, 0.05) is 16.8 Å². The van der Waals surface area contributed by atoms with Gasteiger partial charge in [-0.05, 0) is 12.3 Å². The Morgan fingerprint density at radius 3 is 2.76 bits per heavy atom. The van der Waals surface area contributed by atoms with Crippen molar-refractivity contribution < 1.29 is 0 Å². The molecule has 2 atom stereocenters. The fourth-order valence-electron chi connectivity index (χ4n) is 2.23. The zero-order valence-electron chi connectivity index (χ0n) is 9.65. The molecular weight excluding hydrogens is 234 g/mol. The van der Waals surface area contributed by atoms with Gasteiger partial charge in [0.05, 0.1) is 0 Å². The number of aromatic nitrogens is 2. The predicted octanol–water partition coefficient (Wildman–Crippen LogP) is 3.49. The summed E-state index contributed by atoms with van der Waals surface area (Å²) in [5.74, 6) is 1.64. The van der Waals surface area contributed by atoms with Gasteiger partial charge in [-0.25, -0.2) is 0 Å². The zero-order chi connectivity index (χ0) is 11.8. The number of benzene rings is 1. The number of hydrogen-bond acceptors (Lipinski definition) is 3. The molecule has 1 heterocycles. The molecule has 0 saturated heterocycles. The maximum Gasteiger partial charge on any atom is 0.159 e. The van der Waals surface area contributed by atoms with Crippen LogP contribution < -0.4 is 5.32 Å². The summed E-state index contributed by atoms with van der Waals surface area (Å²) in [4.78, 5) is 0. The van der Waals surface area contributed by atoms with Crippen LogP contribution in [0.2, 0.25) is 5.15 Å². The monoisotopic (exact) mass is 247 g/mol. The summed E-state index contributed by atoms with van der Waals surface area (Å²) in [5.41, 5.74) is 0. The smallest absolute Gasteiger partial charge is 0.159 e. The summed E-state index contributed by atoms with van der Waals surface area (Å²) in [6, 6.07) is 8.52. The van der Waals surface area contributed by atoms with Crippen LogP contribution in [0.1, 0.15) is 19.8 Å². The van der Waals surface area contributed by atoms with Crippen LogP contribution in [-0.2, 0) is 0 Å². The maximum absolute atomic E-state index is 6.04. The van der Waals surface area contributed by atoms with Crippen LogP contribution in [0.5, 0.6) is 0 Å². The molecule has 0 amide bonds. The van der Waals surface area contributed by atoms with Crippen LogP contribution in [-0.4, -0.2) is 16.2 Å². The largest absolute Gasteiger partial charge is 0.365 e. The van der Waals surface area contributed by atoms with E-state index in [1.807, 2.05) is 24.3 Å². The lowest BCUT2D eigenvalue weighted by atomic mass is 10.2. The Labute approximate surface area is 105 Å². The first kappa shape index (κ1) is 10.8. The van der Waals surface area contributed by atoms with Crippen molar-refractivity contribution in [2.75, 3.05) is 5.32 Å². The van der Waals surface area contributed by atoms with Crippen molar-refractivity contribution in [2.24, 2.45) is 5.92 Å². The molecule has 1 N–H and O–H groups in total. The van der Waals surface area contributed by atoms with Crippen molar-refractivity contribution in [1.29, 1.82) is 0 Å². The van der Waals surface area contributed by atoms with E-state index in [-0.39, 0.29) is 0 Å². The van der Waals surface area contributed by atoms with Crippen LogP contribution >= 0.6 is 11.6 Å². The van der Waals surface area contributed by atoms with Gasteiger partial charge >= 0.3 is 0 Å². The number of nitrogens with one attached hydrogen (secondary N) is 1. The van der Waals surface area contributed by atoms with Crippen molar-refractivity contribution in [2.45, 2.75) is 25.8 Å². The van der Waals surface area contributed by atoms with Gasteiger partial charge in [-0.1, -0.05) is 49.2 Å². The van der Waals surface area contributed by atoms with E-state index in [2.05, 4.69) is 22.4 Å². The number of anilines is 1. The number of nitrogens with zero attached hydrogens (tertiary/aromatic N) is 2. The minimum atomic E-state index is 0.467. The summed E-state index contributed by atoms with van der Waals surface area (Å²) in [6.07, 6.45) is 2.45. The van der Waals surface area contributed by atoms with Gasteiger partial charge in [-0.15, -0.1) is 10.2 Å². The molecule has 3 rings (SSSR count). The second-order valence-corrected chi connectivity index (χ2v) is 4.90. The quantitative estimate of drug-likeness (QED) is 0.902. The van der Waals surface area contributed by atoms with Crippen LogP contribution in [0, 0.1) is 5.92 Å². The van der Waals surface area contributed by atoms with Gasteiger partial charge in [0.15, 0.2) is 11.0 Å². The maximum atomic E-state index is 6.04. The fraction of sp³-hybridized carbons (Fsp3) is 0.385. The second kappa shape index (κ2) is 4.15. The van der Waals surface area contributed by atoms with Crippen molar-refractivity contribution in [3.8, 4) is 0 Å². The molecule has 0 radical (unpaired) electrons. The van der Waals surface area contributed by atoms with Crippen molar-refractivity contribution in [1.82, 2.24) is 10.2 Å². The third kappa shape index (κ3) is 1.95. The Morgan fingerprint density at radius 1 is 1.29 bits per heavy atom. The molecule has 1 aromatic carbocycles. The van der Waals surface area contributed by atoms with Gasteiger partial charge in [0.1, 0.15) is 0 Å². The molecule has 1 saturated carbocycles. The minimum absolute atomic E-state index is 0.467. The predicted molar refractivity (Wildman–Crippen MR) is 70.4 cm³/mol. The molecule has 3 nitrogen and oxygen atoms in total. The standard InChI is InChI=1S/C13H14ClN3/c1-2-8-7-11(8)15-13-10-6-4-3-5-9(10)12(14)16-17-13/h3-6,8,11H,2,7H2,1H3,(H,15,17). The molecule has 2 aromatic rings. The van der Waals surface area contributed by atoms with E-state index in [1.54, 1.807) is 0 Å². The highest BCUT2D eigenvalue weighted by molar-refractivity contribution is 6.34. The summed E-state index contributed by atoms with van der Waals surface area (Å²) in [5, 5.41) is 14.1. The molecule has 17 heavy (non-hydrogen) atoms. The number of rotatable bonds is 3. The molecule has 88 valence electrons. The first-order valence-electron chi connectivity index (χ1n) is 5.97. The van der Waals surface area contributed by atoms with Crippen LogP contribution in [0.4, 0.5) is 5.82 Å². The Bertz CT molecular complexity index is 555. The second-order valence-electron chi connectivity index (χ2n) is 4.54. The molecular formula is C13H14ClN3. The SMILES string of the molecule is CCC1CC1Nc1nnc(Cl)c2ccccc12. The highest BCUT2D eigenvalue weighted by Crippen LogP contribution is 2.37. The third-order valence-corrected chi connectivity index (χ3v) is 3.69. The normalized spacial score (nSPS) is 22.7. The van der Waals surface area contributed by atoms with Crippen LogP contribution in [0.25, 0.3) is 10.8 Å². The fourth-order valence-corrected chi connectivity index (χ4v) is 2.43. The molecule has 1 aromatic heterocycles. The van der Waals surface area contributed by atoms with E-state index in [9.17, 15) is 0 Å². The first-order chi connectivity index (χ1) is 8.29. The first-order valence-corrected chi connectivity index (χ1v) is 6.35. The molecule has 1 aliphatic carbocycles. The average Bonchev–Trinajstić information content (AvgIpc) is 3.12. The molecule has 4 heteroatoms. The molecule has 1 aliphatic rings. The molecule has 2 unspecified atom stereocenters. The van der Waals surface area contributed by atoms with Gasteiger partial charge in [-0.3, -0.25) is 0 Å². The van der Waals surface area contributed by atoms with Crippen molar-refractivity contribution >= 4 is 28.2 Å². The Balaban J connectivity index is 1.97. The average molecular weight is 248 g/mol. The van der Waals surface area contributed by atoms with Crippen LogP contribution in [0.3, 0.4) is 0 Å². The lowest BCUT2D eigenvalue weighted by Crippen LogP contribution is -2.07. The van der Waals surface area contributed by atoms with Gasteiger partial charge < -0.3 is 5.32 Å². The minimum Gasteiger partial charge on any atom is -0.365 e. The summed E-state index contributed by atoms with van der Waals surface area (Å²) >= 11 is 6.04. The molecule has 0 aliphatic heterocycles. The number of halogens is 1. The lowest BCUT2D eigenvalue weighted by molar-refractivity contribution is 0.772. The molecule has 1 fully saturated rings. The van der Waals surface area contributed by atoms with E-state index in [4.69, 9.17) is 11.6 Å². The Hall–Kier alpha value is -1.35. The number of fused-ring (bicyclic) bond motifs is 1. The summed E-state index contributed by atoms with van der Waals surface area (Å²) in [6.45, 7) is 2.22. The van der Waals surface area contributed by atoms with Gasteiger partial charge in [0.25, 0.3) is 0 Å². The van der Waals surface area contributed by atoms with E-state index in [0.717, 1.165) is 22.5 Å². The summed E-state index contributed by atoms with van der Waals surface area (Å²) < 4.78 is 0. The summed E-state index contributed by atoms with van der Waals surface area (Å²) in [7, 11) is 0. The van der Waals surface area contributed by atoms with Gasteiger partial charge in [-0.2, -0.15) is 0 Å². The highest BCUT2D eigenvalue weighted by Gasteiger charge is 2.35. The lowest BCUT2D eigenvalue weighted by Gasteiger charge is -2.08. The van der Waals surface area contributed by atoms with E-state index < -0.39 is 0 Å². The van der Waals surface area contributed by atoms with E-state index in [0.29, 0.717) is 11.2 Å². The van der Waals surface area contributed by atoms with Crippen molar-refractivity contribution in [3.05, 3.63) is 29.4 Å². The molecule has 0 spiro atoms. The topological polar surface area (TPSA) is 37.8 Å². The van der Waals surface area contributed by atoms with Gasteiger partial charge in [0.2, 0.25) is 0 Å². The Morgan fingerprint density at radius 2 is 2.06 bits per heavy atom.